The minimum atomic E-state index is -4.37. The number of amides is 1. The van der Waals surface area contributed by atoms with Crippen LogP contribution in [0.2, 0.25) is 0 Å². The van der Waals surface area contributed by atoms with E-state index in [4.69, 9.17) is 11.6 Å². The smallest absolute Gasteiger partial charge is 0.296 e. The van der Waals surface area contributed by atoms with Crippen molar-refractivity contribution in [2.75, 3.05) is 17.3 Å². The molecule has 2 rings (SSSR count). The van der Waals surface area contributed by atoms with Crippen molar-refractivity contribution < 1.29 is 17.8 Å². The lowest BCUT2D eigenvalue weighted by molar-refractivity contribution is -0.117. The summed E-state index contributed by atoms with van der Waals surface area (Å²) in [7, 11) is -4.37. The summed E-state index contributed by atoms with van der Waals surface area (Å²) >= 11 is 5.73. The zero-order chi connectivity index (χ0) is 14.2. The Kier molecular flexibility index (Phi) is 3.85. The third kappa shape index (κ3) is 2.91. The van der Waals surface area contributed by atoms with Crippen molar-refractivity contribution >= 4 is 33.3 Å². The molecule has 5 nitrogen and oxygen atoms in total. The molecule has 0 aromatic heterocycles. The molecular formula is C12H14ClNO4S. The standard InChI is InChI=1S/C12H14ClNO4S/c1-8-2-3-10(11(4-8)19(16,17)18)14-7-9(6-13)5-12(14)15/h2-4,9H,5-7H2,1H3,(H,16,17,18). The van der Waals surface area contributed by atoms with Gasteiger partial charge in [0.1, 0.15) is 4.90 Å². The Balaban J connectivity index is 2.49. The molecule has 1 unspecified atom stereocenters. The quantitative estimate of drug-likeness (QED) is 0.683. The average Bonchev–Trinajstić information content (AvgIpc) is 2.69. The number of carbonyl (C=O) groups excluding carboxylic acids is 1. The number of nitrogens with zero attached hydrogens (tertiary/aromatic N) is 1. The van der Waals surface area contributed by atoms with Crippen LogP contribution in [0.5, 0.6) is 0 Å². The number of benzene rings is 1. The Morgan fingerprint density at radius 3 is 2.68 bits per heavy atom. The van der Waals surface area contributed by atoms with Crippen LogP contribution in [-0.4, -0.2) is 31.3 Å². The number of anilines is 1. The monoisotopic (exact) mass is 303 g/mol. The van der Waals surface area contributed by atoms with Gasteiger partial charge in [0, 0.05) is 18.8 Å². The molecule has 1 aliphatic rings. The highest BCUT2D eigenvalue weighted by atomic mass is 35.5. The highest BCUT2D eigenvalue weighted by Gasteiger charge is 2.33. The zero-order valence-electron chi connectivity index (χ0n) is 10.3. The van der Waals surface area contributed by atoms with E-state index in [1.807, 2.05) is 0 Å². The van der Waals surface area contributed by atoms with Crippen LogP contribution < -0.4 is 4.90 Å². The fraction of sp³-hybridized carbons (Fsp3) is 0.417. The van der Waals surface area contributed by atoms with Gasteiger partial charge in [0.25, 0.3) is 10.1 Å². The molecule has 1 aliphatic heterocycles. The average molecular weight is 304 g/mol. The van der Waals surface area contributed by atoms with Gasteiger partial charge in [-0.05, 0) is 30.5 Å². The molecule has 1 aromatic rings. The first-order valence-electron chi connectivity index (χ1n) is 5.77. The van der Waals surface area contributed by atoms with Crippen molar-refractivity contribution in [3.63, 3.8) is 0 Å². The number of aryl methyl sites for hydroxylation is 1. The van der Waals surface area contributed by atoms with Crippen molar-refractivity contribution in [2.24, 2.45) is 5.92 Å². The van der Waals surface area contributed by atoms with Gasteiger partial charge in [-0.2, -0.15) is 8.42 Å². The molecule has 0 spiro atoms. The summed E-state index contributed by atoms with van der Waals surface area (Å²) in [5.74, 6) is 0.166. The molecule has 1 aromatic carbocycles. The Bertz CT molecular complexity index is 614. The van der Waals surface area contributed by atoms with Crippen LogP contribution in [0.4, 0.5) is 5.69 Å². The van der Waals surface area contributed by atoms with E-state index in [-0.39, 0.29) is 22.4 Å². The molecule has 0 radical (unpaired) electrons. The van der Waals surface area contributed by atoms with Crippen LogP contribution >= 0.6 is 11.6 Å². The molecule has 1 N–H and O–H groups in total. The maximum Gasteiger partial charge on any atom is 0.296 e. The van der Waals surface area contributed by atoms with Gasteiger partial charge in [-0.25, -0.2) is 0 Å². The minimum absolute atomic E-state index is 0.00437. The van der Waals surface area contributed by atoms with Gasteiger partial charge < -0.3 is 4.90 Å². The first-order chi connectivity index (χ1) is 8.82. The van der Waals surface area contributed by atoms with Crippen LogP contribution in [0, 0.1) is 12.8 Å². The van der Waals surface area contributed by atoms with Gasteiger partial charge in [0.2, 0.25) is 5.91 Å². The number of hydrogen-bond donors (Lipinski definition) is 1. The van der Waals surface area contributed by atoms with Crippen molar-refractivity contribution in [2.45, 2.75) is 18.2 Å². The summed E-state index contributed by atoms with van der Waals surface area (Å²) in [5.41, 5.74) is 0.905. The third-order valence-electron chi connectivity index (χ3n) is 3.11. The lowest BCUT2D eigenvalue weighted by atomic mass is 10.1. The van der Waals surface area contributed by atoms with E-state index >= 15 is 0 Å². The number of carbonyl (C=O) groups is 1. The first-order valence-corrected chi connectivity index (χ1v) is 7.75. The molecule has 1 amide bonds. The summed E-state index contributed by atoms with van der Waals surface area (Å²) in [6, 6.07) is 4.59. The number of alkyl halides is 1. The molecule has 104 valence electrons. The number of rotatable bonds is 3. The maximum atomic E-state index is 11.9. The second-order valence-electron chi connectivity index (χ2n) is 4.68. The number of halogens is 1. The van der Waals surface area contributed by atoms with Crippen LogP contribution in [0.1, 0.15) is 12.0 Å². The van der Waals surface area contributed by atoms with E-state index in [1.54, 1.807) is 13.0 Å². The van der Waals surface area contributed by atoms with E-state index in [1.165, 1.54) is 17.0 Å². The molecule has 19 heavy (non-hydrogen) atoms. The summed E-state index contributed by atoms with van der Waals surface area (Å²) < 4.78 is 32.1. The fourth-order valence-corrected chi connectivity index (χ4v) is 3.15. The second kappa shape index (κ2) is 5.11. The lowest BCUT2D eigenvalue weighted by Gasteiger charge is -2.19. The molecule has 0 saturated carbocycles. The van der Waals surface area contributed by atoms with Gasteiger partial charge >= 0.3 is 0 Å². The van der Waals surface area contributed by atoms with Gasteiger partial charge in [0.15, 0.2) is 0 Å². The van der Waals surface area contributed by atoms with E-state index < -0.39 is 10.1 Å². The van der Waals surface area contributed by atoms with E-state index in [9.17, 15) is 17.8 Å². The predicted octanol–water partition coefficient (Wildman–Crippen LogP) is 1.83. The van der Waals surface area contributed by atoms with Crippen molar-refractivity contribution in [1.82, 2.24) is 0 Å². The van der Waals surface area contributed by atoms with E-state index in [0.717, 1.165) is 0 Å². The topological polar surface area (TPSA) is 74.7 Å². The highest BCUT2D eigenvalue weighted by molar-refractivity contribution is 7.86. The van der Waals surface area contributed by atoms with Gasteiger partial charge in [-0.1, -0.05) is 6.07 Å². The predicted molar refractivity (Wildman–Crippen MR) is 72.2 cm³/mol. The molecule has 1 heterocycles. The van der Waals surface area contributed by atoms with Gasteiger partial charge in [-0.3, -0.25) is 9.35 Å². The summed E-state index contributed by atoms with van der Waals surface area (Å²) in [6.07, 6.45) is 0.294. The van der Waals surface area contributed by atoms with Crippen LogP contribution in [0.3, 0.4) is 0 Å². The summed E-state index contributed by atoms with van der Waals surface area (Å²) in [4.78, 5) is 13.0. The molecule has 1 saturated heterocycles. The summed E-state index contributed by atoms with van der Waals surface area (Å²) in [5, 5.41) is 0. The fourth-order valence-electron chi connectivity index (χ4n) is 2.17. The first kappa shape index (κ1) is 14.3. The van der Waals surface area contributed by atoms with E-state index in [0.29, 0.717) is 24.4 Å². The summed E-state index contributed by atoms with van der Waals surface area (Å²) in [6.45, 7) is 2.08. The molecule has 1 fully saturated rings. The lowest BCUT2D eigenvalue weighted by Crippen LogP contribution is -2.26. The molecular weight excluding hydrogens is 290 g/mol. The Morgan fingerprint density at radius 1 is 1.47 bits per heavy atom. The third-order valence-corrected chi connectivity index (χ3v) is 4.43. The Morgan fingerprint density at radius 2 is 2.16 bits per heavy atom. The van der Waals surface area contributed by atoms with Gasteiger partial charge in [0.05, 0.1) is 5.69 Å². The minimum Gasteiger partial charge on any atom is -0.311 e. The maximum absolute atomic E-state index is 11.9. The largest absolute Gasteiger partial charge is 0.311 e. The van der Waals surface area contributed by atoms with Crippen molar-refractivity contribution in [3.8, 4) is 0 Å². The van der Waals surface area contributed by atoms with Crippen molar-refractivity contribution in [1.29, 1.82) is 0 Å². The van der Waals surface area contributed by atoms with E-state index in [2.05, 4.69) is 0 Å². The van der Waals surface area contributed by atoms with Crippen LogP contribution in [0.25, 0.3) is 0 Å². The Hall–Kier alpha value is -1.11. The zero-order valence-corrected chi connectivity index (χ0v) is 11.9. The van der Waals surface area contributed by atoms with Crippen molar-refractivity contribution in [3.05, 3.63) is 23.8 Å². The number of hydrogen-bond acceptors (Lipinski definition) is 3. The highest BCUT2D eigenvalue weighted by Crippen LogP contribution is 2.31. The molecule has 0 aliphatic carbocycles. The molecule has 0 bridgehead atoms. The van der Waals surface area contributed by atoms with Gasteiger partial charge in [-0.15, -0.1) is 11.6 Å². The molecule has 1 atom stereocenters. The Labute approximate surface area is 116 Å². The van der Waals surface area contributed by atoms with Crippen LogP contribution in [0.15, 0.2) is 23.1 Å². The normalized spacial score (nSPS) is 20.1. The second-order valence-corrected chi connectivity index (χ2v) is 6.37. The SMILES string of the molecule is Cc1ccc(N2CC(CCl)CC2=O)c(S(=O)(=O)O)c1. The van der Waals surface area contributed by atoms with Crippen LogP contribution in [-0.2, 0) is 14.9 Å². The molecule has 7 heteroatoms.